The number of hydrogen-bond donors (Lipinski definition) is 0. The van der Waals surface area contributed by atoms with Crippen LogP contribution in [0.2, 0.25) is 0 Å². The quantitative estimate of drug-likeness (QED) is 0.736. The molecule has 16 heavy (non-hydrogen) atoms. The molecule has 0 heterocycles. The van der Waals surface area contributed by atoms with Crippen LogP contribution in [0.25, 0.3) is 0 Å². The van der Waals surface area contributed by atoms with Gasteiger partial charge in [-0.05, 0) is 31.2 Å². The van der Waals surface area contributed by atoms with Crippen molar-refractivity contribution in [3.8, 4) is 17.6 Å². The lowest BCUT2D eigenvalue weighted by atomic mass is 10.3. The van der Waals surface area contributed by atoms with Gasteiger partial charge in [0.2, 0.25) is 0 Å². The van der Waals surface area contributed by atoms with E-state index in [1.165, 1.54) is 19.2 Å². The Bertz CT molecular complexity index is 494. The number of hydrogen-bond acceptors (Lipinski definition) is 3. The zero-order valence-corrected chi connectivity index (χ0v) is 9.91. The van der Waals surface area contributed by atoms with E-state index in [0.717, 1.165) is 0 Å². The van der Waals surface area contributed by atoms with E-state index in [9.17, 15) is 8.42 Å². The highest BCUT2D eigenvalue weighted by molar-refractivity contribution is 7.89. The zero-order chi connectivity index (χ0) is 12.0. The summed E-state index contributed by atoms with van der Waals surface area (Å²) in [5, 5.41) is 0. The Morgan fingerprint density at radius 3 is 2.44 bits per heavy atom. The fourth-order valence-corrected chi connectivity index (χ4v) is 1.70. The zero-order valence-electron chi connectivity index (χ0n) is 9.10. The molecule has 0 atom stereocenters. The molecule has 0 fully saturated rings. The highest BCUT2D eigenvalue weighted by atomic mass is 32.2. The van der Waals surface area contributed by atoms with Gasteiger partial charge in [0.15, 0.2) is 0 Å². The summed E-state index contributed by atoms with van der Waals surface area (Å²) < 4.78 is 31.2. The molecular formula is C11H12NO3S. The van der Waals surface area contributed by atoms with E-state index in [-0.39, 0.29) is 4.90 Å². The van der Waals surface area contributed by atoms with Gasteiger partial charge in [-0.1, -0.05) is 5.92 Å². The molecule has 0 aliphatic rings. The molecule has 85 valence electrons. The van der Waals surface area contributed by atoms with Crippen LogP contribution in [0.15, 0.2) is 29.2 Å². The molecule has 0 N–H and O–H groups in total. The van der Waals surface area contributed by atoms with Crippen molar-refractivity contribution in [3.05, 3.63) is 24.3 Å². The summed E-state index contributed by atoms with van der Waals surface area (Å²) in [4.78, 5) is 0.156. The van der Waals surface area contributed by atoms with Gasteiger partial charge < -0.3 is 4.74 Å². The summed E-state index contributed by atoms with van der Waals surface area (Å²) in [6.07, 6.45) is 0. The van der Waals surface area contributed by atoms with Crippen molar-refractivity contribution in [3.63, 3.8) is 0 Å². The lowest BCUT2D eigenvalue weighted by Gasteiger charge is -2.03. The van der Waals surface area contributed by atoms with Crippen molar-refractivity contribution in [2.24, 2.45) is 0 Å². The molecule has 4 nitrogen and oxygen atoms in total. The fraction of sp³-hybridized carbons (Fsp3) is 0.273. The molecule has 1 aromatic carbocycles. The molecule has 1 rings (SSSR count). The Morgan fingerprint density at radius 2 is 1.94 bits per heavy atom. The van der Waals surface area contributed by atoms with E-state index in [4.69, 9.17) is 4.74 Å². The van der Waals surface area contributed by atoms with E-state index < -0.39 is 10.0 Å². The topological polar surface area (TPSA) is 57.5 Å². The Labute approximate surface area is 95.7 Å². The van der Waals surface area contributed by atoms with Crippen LogP contribution < -0.4 is 9.46 Å². The van der Waals surface area contributed by atoms with Gasteiger partial charge >= 0.3 is 0 Å². The molecule has 0 bridgehead atoms. The Hall–Kier alpha value is -1.51. The molecule has 0 aliphatic heterocycles. The number of rotatable bonds is 4. The first-order valence-electron chi connectivity index (χ1n) is 4.58. The highest BCUT2D eigenvalue weighted by Crippen LogP contribution is 2.15. The summed E-state index contributed by atoms with van der Waals surface area (Å²) in [5.74, 6) is 6.02. The van der Waals surface area contributed by atoms with Gasteiger partial charge in [0.1, 0.15) is 12.4 Å². The van der Waals surface area contributed by atoms with E-state index >= 15 is 0 Å². The molecule has 5 heteroatoms. The van der Waals surface area contributed by atoms with E-state index in [1.807, 2.05) is 0 Å². The van der Waals surface area contributed by atoms with Crippen molar-refractivity contribution in [2.75, 3.05) is 13.7 Å². The number of sulfonamides is 1. The second kappa shape index (κ2) is 5.54. The average molecular weight is 238 g/mol. The van der Waals surface area contributed by atoms with Crippen LogP contribution in [0.4, 0.5) is 0 Å². The van der Waals surface area contributed by atoms with E-state index in [2.05, 4.69) is 16.6 Å². The fourth-order valence-electron chi connectivity index (χ4n) is 1.00. The highest BCUT2D eigenvalue weighted by Gasteiger charge is 2.11. The van der Waals surface area contributed by atoms with Crippen LogP contribution in [0.3, 0.4) is 0 Å². The molecule has 0 saturated carbocycles. The minimum absolute atomic E-state index is 0.156. The van der Waals surface area contributed by atoms with Crippen LogP contribution in [0.1, 0.15) is 6.92 Å². The number of nitrogens with zero attached hydrogens (tertiary/aromatic N) is 1. The average Bonchev–Trinajstić information content (AvgIpc) is 2.30. The molecule has 1 aromatic rings. The van der Waals surface area contributed by atoms with Gasteiger partial charge in [-0.25, -0.2) is 8.42 Å². The molecule has 0 spiro atoms. The molecule has 0 amide bonds. The molecule has 0 aromatic heterocycles. The van der Waals surface area contributed by atoms with E-state index in [1.54, 1.807) is 19.1 Å². The summed E-state index contributed by atoms with van der Waals surface area (Å²) in [6.45, 7) is 2.02. The standard InChI is InChI=1S/C11H12NO3S/c1-3-4-9-15-10-5-7-11(8-6-10)16(13,14)12-2/h5-8H,9H2,1-2H3. The minimum Gasteiger partial charge on any atom is -0.481 e. The summed E-state index contributed by atoms with van der Waals surface area (Å²) in [6, 6.07) is 6.07. The Balaban J connectivity index is 2.78. The maximum absolute atomic E-state index is 11.3. The van der Waals surface area contributed by atoms with Crippen LogP contribution >= 0.6 is 0 Å². The first kappa shape index (κ1) is 12.6. The van der Waals surface area contributed by atoms with Crippen molar-refractivity contribution >= 4 is 10.0 Å². The third-order valence-electron chi connectivity index (χ3n) is 1.85. The summed E-state index contributed by atoms with van der Waals surface area (Å²) in [7, 11) is -2.25. The maximum Gasteiger partial charge on any atom is 0.256 e. The summed E-state index contributed by atoms with van der Waals surface area (Å²) in [5.41, 5.74) is 0. The SMILES string of the molecule is CC#CCOc1ccc(S(=O)(=O)[N]C)cc1. The Morgan fingerprint density at radius 1 is 1.31 bits per heavy atom. The largest absolute Gasteiger partial charge is 0.481 e. The monoisotopic (exact) mass is 238 g/mol. The van der Waals surface area contributed by atoms with E-state index in [0.29, 0.717) is 12.4 Å². The number of benzene rings is 1. The normalized spacial score (nSPS) is 10.4. The number of ether oxygens (including phenoxy) is 1. The molecule has 0 aliphatic carbocycles. The van der Waals surface area contributed by atoms with Crippen molar-refractivity contribution < 1.29 is 13.2 Å². The maximum atomic E-state index is 11.3. The lowest BCUT2D eigenvalue weighted by Crippen LogP contribution is -2.11. The molecular weight excluding hydrogens is 226 g/mol. The van der Waals surface area contributed by atoms with Gasteiger partial charge in [-0.15, -0.1) is 10.6 Å². The smallest absolute Gasteiger partial charge is 0.256 e. The van der Waals surface area contributed by atoms with Crippen LogP contribution in [0.5, 0.6) is 5.75 Å². The lowest BCUT2D eigenvalue weighted by molar-refractivity contribution is 0.370. The van der Waals surface area contributed by atoms with Gasteiger partial charge in [0, 0.05) is 7.05 Å². The van der Waals surface area contributed by atoms with Gasteiger partial charge in [0.25, 0.3) is 10.0 Å². The van der Waals surface area contributed by atoms with Crippen molar-refractivity contribution in [2.45, 2.75) is 11.8 Å². The second-order valence-electron chi connectivity index (χ2n) is 2.84. The van der Waals surface area contributed by atoms with Gasteiger partial charge in [-0.3, -0.25) is 0 Å². The predicted molar refractivity (Wildman–Crippen MR) is 60.6 cm³/mol. The van der Waals surface area contributed by atoms with Crippen molar-refractivity contribution in [1.29, 1.82) is 0 Å². The van der Waals surface area contributed by atoms with Crippen molar-refractivity contribution in [1.82, 2.24) is 4.72 Å². The minimum atomic E-state index is -3.50. The first-order chi connectivity index (χ1) is 7.60. The first-order valence-corrected chi connectivity index (χ1v) is 6.03. The molecule has 0 saturated heterocycles. The predicted octanol–water partition coefficient (Wildman–Crippen LogP) is 1.01. The molecule has 1 radical (unpaired) electrons. The van der Waals surface area contributed by atoms with Crippen LogP contribution in [-0.4, -0.2) is 22.1 Å². The van der Waals surface area contributed by atoms with Crippen LogP contribution in [0, 0.1) is 11.8 Å². The molecule has 0 unspecified atom stereocenters. The van der Waals surface area contributed by atoms with Crippen LogP contribution in [-0.2, 0) is 10.0 Å². The Kier molecular flexibility index (Phi) is 4.35. The van der Waals surface area contributed by atoms with Gasteiger partial charge in [0.05, 0.1) is 4.90 Å². The third kappa shape index (κ3) is 3.26. The summed E-state index contributed by atoms with van der Waals surface area (Å²) >= 11 is 0. The second-order valence-corrected chi connectivity index (χ2v) is 4.63. The van der Waals surface area contributed by atoms with Gasteiger partial charge in [-0.2, -0.15) is 0 Å². The third-order valence-corrected chi connectivity index (χ3v) is 3.20.